The van der Waals surface area contributed by atoms with Crippen LogP contribution in [0.4, 0.5) is 0 Å². The molecule has 0 spiro atoms. The summed E-state index contributed by atoms with van der Waals surface area (Å²) in [4.78, 5) is 6.48. The third-order valence-electron chi connectivity index (χ3n) is 2.37. The van der Waals surface area contributed by atoms with E-state index in [0.717, 1.165) is 12.1 Å². The number of nitrogens with zero attached hydrogens (tertiary/aromatic N) is 2. The molecular weight excluding hydrogens is 136 g/mol. The van der Waals surface area contributed by atoms with Gasteiger partial charge >= 0.3 is 0 Å². The van der Waals surface area contributed by atoms with E-state index in [9.17, 15) is 0 Å². The van der Waals surface area contributed by atoms with Crippen LogP contribution in [0.5, 0.6) is 0 Å². The number of hydrogen-bond donors (Lipinski definition) is 0. The fourth-order valence-corrected chi connectivity index (χ4v) is 1.62. The van der Waals surface area contributed by atoms with E-state index in [0.29, 0.717) is 0 Å². The van der Waals surface area contributed by atoms with E-state index in [-0.39, 0.29) is 0 Å². The van der Waals surface area contributed by atoms with E-state index < -0.39 is 0 Å². The van der Waals surface area contributed by atoms with Gasteiger partial charge in [0.2, 0.25) is 0 Å². The summed E-state index contributed by atoms with van der Waals surface area (Å²) in [7, 11) is 2.06. The summed E-state index contributed by atoms with van der Waals surface area (Å²) >= 11 is 0. The predicted octanol–water partition coefficient (Wildman–Crippen LogP) is 1.91. The van der Waals surface area contributed by atoms with Crippen molar-refractivity contribution in [1.82, 2.24) is 4.90 Å². The Kier molecular flexibility index (Phi) is 1.34. The van der Waals surface area contributed by atoms with E-state index in [1.807, 2.05) is 6.21 Å². The van der Waals surface area contributed by atoms with E-state index in [1.54, 1.807) is 0 Å². The average molecular weight is 148 g/mol. The summed E-state index contributed by atoms with van der Waals surface area (Å²) in [6, 6.07) is 0. The molecule has 2 heteroatoms. The molecular formula is C9H12N2. The van der Waals surface area contributed by atoms with Crippen LogP contribution in [0.25, 0.3) is 0 Å². The molecule has 0 atom stereocenters. The van der Waals surface area contributed by atoms with Crippen LogP contribution >= 0.6 is 0 Å². The zero-order valence-corrected chi connectivity index (χ0v) is 6.80. The second kappa shape index (κ2) is 2.22. The first kappa shape index (κ1) is 6.65. The van der Waals surface area contributed by atoms with Crippen LogP contribution < -0.4 is 0 Å². The van der Waals surface area contributed by atoms with Crippen LogP contribution in [-0.4, -0.2) is 18.2 Å². The summed E-state index contributed by atoms with van der Waals surface area (Å²) < 4.78 is 0. The van der Waals surface area contributed by atoms with E-state index >= 15 is 0 Å². The summed E-state index contributed by atoms with van der Waals surface area (Å²) in [6.07, 6.45) is 5.41. The molecule has 58 valence electrons. The lowest BCUT2D eigenvalue weighted by Crippen LogP contribution is -2.19. The zero-order valence-electron chi connectivity index (χ0n) is 6.80. The zero-order chi connectivity index (χ0) is 7.84. The molecule has 0 fully saturated rings. The minimum atomic E-state index is 1.01. The number of rotatable bonds is 0. The van der Waals surface area contributed by atoms with Crippen molar-refractivity contribution in [2.24, 2.45) is 4.99 Å². The Morgan fingerprint density at radius 1 is 1.55 bits per heavy atom. The molecule has 0 saturated carbocycles. The fraction of sp³-hybridized carbons (Fsp3) is 0.444. The SMILES string of the molecule is C=C1C=NC2=C(CCC2)N1C. The second-order valence-electron chi connectivity index (χ2n) is 3.06. The van der Waals surface area contributed by atoms with Crippen LogP contribution in [0.1, 0.15) is 19.3 Å². The normalized spacial score (nSPS) is 23.0. The van der Waals surface area contributed by atoms with Gasteiger partial charge in [0, 0.05) is 12.7 Å². The molecule has 1 aliphatic carbocycles. The number of aliphatic imine (C=N–C) groups is 1. The molecule has 0 N–H and O–H groups in total. The smallest absolute Gasteiger partial charge is 0.0598 e. The monoisotopic (exact) mass is 148 g/mol. The lowest BCUT2D eigenvalue weighted by Gasteiger charge is -2.24. The van der Waals surface area contributed by atoms with E-state index in [1.165, 1.54) is 24.2 Å². The minimum Gasteiger partial charge on any atom is -0.346 e. The first-order valence-corrected chi connectivity index (χ1v) is 3.98. The number of allylic oxidation sites excluding steroid dienone is 3. The molecule has 0 radical (unpaired) electrons. The van der Waals surface area contributed by atoms with Crippen molar-refractivity contribution in [2.75, 3.05) is 7.05 Å². The first-order valence-electron chi connectivity index (χ1n) is 3.98. The summed E-state index contributed by atoms with van der Waals surface area (Å²) in [5.41, 5.74) is 3.64. The van der Waals surface area contributed by atoms with Crippen LogP contribution in [0.3, 0.4) is 0 Å². The standard InChI is InChI=1S/C9H12N2/c1-7-6-10-8-4-3-5-9(8)11(7)2/h6H,1,3-5H2,2H3. The highest BCUT2D eigenvalue weighted by Crippen LogP contribution is 2.32. The maximum absolute atomic E-state index is 4.34. The Hall–Kier alpha value is -1.05. The molecule has 0 aromatic heterocycles. The molecule has 0 saturated heterocycles. The molecule has 0 aromatic carbocycles. The lowest BCUT2D eigenvalue weighted by molar-refractivity contribution is 0.522. The molecule has 2 nitrogen and oxygen atoms in total. The van der Waals surface area contributed by atoms with Crippen LogP contribution in [0.15, 0.2) is 28.7 Å². The fourth-order valence-electron chi connectivity index (χ4n) is 1.62. The molecule has 0 aromatic rings. The molecule has 11 heavy (non-hydrogen) atoms. The highest BCUT2D eigenvalue weighted by Gasteiger charge is 2.21. The van der Waals surface area contributed by atoms with Gasteiger partial charge in [0.1, 0.15) is 0 Å². The van der Waals surface area contributed by atoms with Crippen molar-refractivity contribution < 1.29 is 0 Å². The Balaban J connectivity index is 2.37. The van der Waals surface area contributed by atoms with Crippen LogP contribution in [-0.2, 0) is 0 Å². The van der Waals surface area contributed by atoms with E-state index in [4.69, 9.17) is 0 Å². The largest absolute Gasteiger partial charge is 0.346 e. The minimum absolute atomic E-state index is 1.01. The maximum Gasteiger partial charge on any atom is 0.0598 e. The van der Waals surface area contributed by atoms with Gasteiger partial charge in [-0.15, -0.1) is 0 Å². The Morgan fingerprint density at radius 3 is 3.18 bits per heavy atom. The van der Waals surface area contributed by atoms with Gasteiger partial charge in [-0.05, 0) is 19.3 Å². The molecule has 0 unspecified atom stereocenters. The lowest BCUT2D eigenvalue weighted by atomic mass is 10.3. The van der Waals surface area contributed by atoms with Gasteiger partial charge in [0.25, 0.3) is 0 Å². The third kappa shape index (κ3) is 0.897. The molecule has 1 aliphatic heterocycles. The number of hydrogen-bond acceptors (Lipinski definition) is 2. The molecule has 1 heterocycles. The first-order chi connectivity index (χ1) is 5.29. The second-order valence-corrected chi connectivity index (χ2v) is 3.06. The topological polar surface area (TPSA) is 15.6 Å². The summed E-state index contributed by atoms with van der Waals surface area (Å²) in [5, 5.41) is 0. The van der Waals surface area contributed by atoms with Gasteiger partial charge < -0.3 is 4.90 Å². The Morgan fingerprint density at radius 2 is 2.36 bits per heavy atom. The van der Waals surface area contributed by atoms with Gasteiger partial charge in [-0.2, -0.15) is 0 Å². The van der Waals surface area contributed by atoms with Crippen molar-refractivity contribution in [3.8, 4) is 0 Å². The van der Waals surface area contributed by atoms with Crippen molar-refractivity contribution in [3.05, 3.63) is 23.7 Å². The Labute approximate surface area is 66.9 Å². The summed E-state index contributed by atoms with van der Waals surface area (Å²) in [6.45, 7) is 3.90. The third-order valence-corrected chi connectivity index (χ3v) is 2.37. The van der Waals surface area contributed by atoms with Gasteiger partial charge in [-0.3, -0.25) is 4.99 Å². The van der Waals surface area contributed by atoms with Crippen molar-refractivity contribution in [3.63, 3.8) is 0 Å². The maximum atomic E-state index is 4.34. The highest BCUT2D eigenvalue weighted by molar-refractivity contribution is 5.79. The highest BCUT2D eigenvalue weighted by atomic mass is 15.2. The van der Waals surface area contributed by atoms with Gasteiger partial charge in [0.15, 0.2) is 0 Å². The van der Waals surface area contributed by atoms with Crippen molar-refractivity contribution in [1.29, 1.82) is 0 Å². The van der Waals surface area contributed by atoms with Crippen molar-refractivity contribution >= 4 is 6.21 Å². The van der Waals surface area contributed by atoms with Gasteiger partial charge in [-0.1, -0.05) is 6.58 Å². The predicted molar refractivity (Wildman–Crippen MR) is 46.3 cm³/mol. The average Bonchev–Trinajstić information content (AvgIpc) is 2.45. The molecule has 2 aliphatic rings. The van der Waals surface area contributed by atoms with Crippen molar-refractivity contribution in [2.45, 2.75) is 19.3 Å². The van der Waals surface area contributed by atoms with Crippen LogP contribution in [0, 0.1) is 0 Å². The van der Waals surface area contributed by atoms with Gasteiger partial charge in [0.05, 0.1) is 17.6 Å². The Bertz CT molecular complexity index is 261. The molecule has 0 bridgehead atoms. The summed E-state index contributed by atoms with van der Waals surface area (Å²) in [5.74, 6) is 0. The quantitative estimate of drug-likeness (QED) is 0.512. The molecule has 2 rings (SSSR count). The van der Waals surface area contributed by atoms with Crippen LogP contribution in [0.2, 0.25) is 0 Å². The van der Waals surface area contributed by atoms with Gasteiger partial charge in [-0.25, -0.2) is 0 Å². The van der Waals surface area contributed by atoms with E-state index in [2.05, 4.69) is 23.5 Å². The molecule has 0 amide bonds.